The number of rotatable bonds is 1. The van der Waals surface area contributed by atoms with Gasteiger partial charge in [-0.05, 0) is 18.6 Å². The van der Waals surface area contributed by atoms with Gasteiger partial charge in [0, 0.05) is 17.6 Å². The van der Waals surface area contributed by atoms with E-state index in [1.54, 1.807) is 31.2 Å². The van der Waals surface area contributed by atoms with E-state index in [-0.39, 0.29) is 18.0 Å². The molecule has 3 rings (SSSR count). The fraction of sp³-hybridized carbons (Fsp3) is 0.250. The van der Waals surface area contributed by atoms with Crippen LogP contribution in [0.1, 0.15) is 18.9 Å². The number of allylic oxidation sites excluding steroid dienone is 2. The Balaban J connectivity index is 1.95. The van der Waals surface area contributed by atoms with Gasteiger partial charge in [-0.25, -0.2) is 0 Å². The lowest BCUT2D eigenvalue weighted by Crippen LogP contribution is -2.23. The molecule has 0 aromatic heterocycles. The molecule has 114 valence electrons. The van der Waals surface area contributed by atoms with E-state index >= 15 is 0 Å². The molecule has 0 saturated carbocycles. The molecule has 1 atom stereocenters. The van der Waals surface area contributed by atoms with Gasteiger partial charge in [-0.15, -0.1) is 0 Å². The Hall–Kier alpha value is -2.37. The molecule has 3 nitrogen and oxygen atoms in total. The number of para-hydroxylation sites is 1. The molecule has 1 amide bonds. The summed E-state index contributed by atoms with van der Waals surface area (Å²) >= 11 is 0. The summed E-state index contributed by atoms with van der Waals surface area (Å²) in [5, 5.41) is 2.67. The first-order chi connectivity index (χ1) is 10.4. The van der Waals surface area contributed by atoms with Crippen molar-refractivity contribution in [1.29, 1.82) is 0 Å². The number of carbonyl (C=O) groups is 1. The van der Waals surface area contributed by atoms with Crippen LogP contribution in [-0.4, -0.2) is 23.8 Å². The first-order valence-electron chi connectivity index (χ1n) is 6.79. The number of hydrogen-bond donors (Lipinski definition) is 1. The van der Waals surface area contributed by atoms with Gasteiger partial charge in [0.25, 0.3) is 5.91 Å². The van der Waals surface area contributed by atoms with Gasteiger partial charge >= 0.3 is 6.18 Å². The summed E-state index contributed by atoms with van der Waals surface area (Å²) in [5.74, 6) is -0.378. The Bertz CT molecular complexity index is 729. The normalized spacial score (nSPS) is 23.0. The summed E-state index contributed by atoms with van der Waals surface area (Å²) in [6, 6.07) is 6.33. The zero-order chi connectivity index (χ0) is 15.9. The summed E-state index contributed by atoms with van der Waals surface area (Å²) in [6.07, 6.45) is -2.12. The van der Waals surface area contributed by atoms with Crippen molar-refractivity contribution in [2.45, 2.75) is 25.6 Å². The quantitative estimate of drug-likeness (QED) is 0.845. The van der Waals surface area contributed by atoms with Crippen LogP contribution in [0.5, 0.6) is 0 Å². The molecule has 0 radical (unpaired) electrons. The third kappa shape index (κ3) is 2.56. The number of halogens is 3. The molecule has 1 aliphatic heterocycles. The molecule has 2 aliphatic rings. The summed E-state index contributed by atoms with van der Waals surface area (Å²) in [4.78, 5) is 16.3. The summed E-state index contributed by atoms with van der Waals surface area (Å²) in [5.41, 5.74) is 1.53. The minimum Gasteiger partial charge on any atom is -0.320 e. The Morgan fingerprint density at radius 3 is 2.68 bits per heavy atom. The van der Waals surface area contributed by atoms with Crippen LogP contribution in [0.15, 0.2) is 52.6 Å². The topological polar surface area (TPSA) is 41.5 Å². The third-order valence-electron chi connectivity index (χ3n) is 3.78. The maximum absolute atomic E-state index is 12.8. The zero-order valence-electron chi connectivity index (χ0n) is 11.7. The van der Waals surface area contributed by atoms with Crippen LogP contribution in [0.25, 0.3) is 0 Å². The minimum atomic E-state index is -4.37. The Labute approximate surface area is 125 Å². The number of hydrogen-bond acceptors (Lipinski definition) is 2. The van der Waals surface area contributed by atoms with Gasteiger partial charge in [-0.3, -0.25) is 9.79 Å². The van der Waals surface area contributed by atoms with E-state index in [0.717, 1.165) is 6.08 Å². The van der Waals surface area contributed by atoms with Gasteiger partial charge in [-0.2, -0.15) is 13.2 Å². The average molecular weight is 306 g/mol. The number of aliphatic imine (C=N–C) groups is 1. The third-order valence-corrected chi connectivity index (χ3v) is 3.78. The lowest BCUT2D eigenvalue weighted by molar-refractivity contribution is -0.110. The molecule has 1 N–H and O–H groups in total. The molecular weight excluding hydrogens is 293 g/mol. The maximum atomic E-state index is 12.8. The van der Waals surface area contributed by atoms with Crippen molar-refractivity contribution in [3.8, 4) is 0 Å². The molecule has 6 heteroatoms. The van der Waals surface area contributed by atoms with Crippen LogP contribution in [0, 0.1) is 0 Å². The highest BCUT2D eigenvalue weighted by Gasteiger charge is 2.37. The highest BCUT2D eigenvalue weighted by atomic mass is 19.4. The van der Waals surface area contributed by atoms with E-state index in [4.69, 9.17) is 0 Å². The van der Waals surface area contributed by atoms with Crippen molar-refractivity contribution < 1.29 is 18.0 Å². The van der Waals surface area contributed by atoms with E-state index < -0.39 is 17.8 Å². The Morgan fingerprint density at radius 2 is 1.95 bits per heavy atom. The van der Waals surface area contributed by atoms with Crippen LogP contribution in [0.2, 0.25) is 0 Å². The van der Waals surface area contributed by atoms with Gasteiger partial charge < -0.3 is 5.32 Å². The summed E-state index contributed by atoms with van der Waals surface area (Å²) < 4.78 is 38.5. The first-order valence-corrected chi connectivity index (χ1v) is 6.79. The van der Waals surface area contributed by atoms with E-state index in [2.05, 4.69) is 10.3 Å². The van der Waals surface area contributed by atoms with E-state index in [1.165, 1.54) is 6.08 Å². The predicted octanol–water partition coefficient (Wildman–Crippen LogP) is 3.64. The minimum absolute atomic E-state index is 0.191. The number of carbonyl (C=O) groups excluding carboxylic acids is 1. The van der Waals surface area contributed by atoms with Crippen molar-refractivity contribution in [3.05, 3.63) is 53.1 Å². The Morgan fingerprint density at radius 1 is 1.23 bits per heavy atom. The maximum Gasteiger partial charge on any atom is 0.412 e. The smallest absolute Gasteiger partial charge is 0.320 e. The number of fused-ring (bicyclic) bond motifs is 1. The number of nitrogens with zero attached hydrogens (tertiary/aromatic N) is 1. The Kier molecular flexibility index (Phi) is 3.39. The largest absolute Gasteiger partial charge is 0.412 e. The van der Waals surface area contributed by atoms with Gasteiger partial charge in [-0.1, -0.05) is 30.4 Å². The van der Waals surface area contributed by atoms with Crippen LogP contribution in [0.4, 0.5) is 18.9 Å². The van der Waals surface area contributed by atoms with Crippen LogP contribution >= 0.6 is 0 Å². The number of nitrogens with one attached hydrogen (secondary N) is 1. The van der Waals surface area contributed by atoms with Crippen molar-refractivity contribution >= 4 is 17.3 Å². The second-order valence-electron chi connectivity index (χ2n) is 5.30. The van der Waals surface area contributed by atoms with Crippen molar-refractivity contribution in [2.24, 2.45) is 4.99 Å². The highest BCUT2D eigenvalue weighted by molar-refractivity contribution is 6.53. The van der Waals surface area contributed by atoms with Crippen molar-refractivity contribution in [3.63, 3.8) is 0 Å². The fourth-order valence-corrected chi connectivity index (χ4v) is 2.52. The summed E-state index contributed by atoms with van der Waals surface area (Å²) in [7, 11) is 0. The standard InChI is InChI=1S/C16H13F3N2O/c1-9-6-7-10(16(17,18)19)8-13(9)20-14-11-4-2-3-5-12(11)21-15(14)22/h2-7,13H,8H2,1H3,(H,20,21,22). The van der Waals surface area contributed by atoms with Crippen molar-refractivity contribution in [2.75, 3.05) is 5.32 Å². The molecular formula is C16H13F3N2O. The molecule has 1 unspecified atom stereocenters. The van der Waals surface area contributed by atoms with Crippen LogP contribution < -0.4 is 5.32 Å². The van der Waals surface area contributed by atoms with E-state index in [9.17, 15) is 18.0 Å². The van der Waals surface area contributed by atoms with Gasteiger partial charge in [0.05, 0.1) is 11.7 Å². The molecule has 22 heavy (non-hydrogen) atoms. The lowest BCUT2D eigenvalue weighted by atomic mass is 9.94. The predicted molar refractivity (Wildman–Crippen MR) is 77.9 cm³/mol. The summed E-state index contributed by atoms with van der Waals surface area (Å²) in [6.45, 7) is 1.72. The highest BCUT2D eigenvalue weighted by Crippen LogP contribution is 2.35. The SMILES string of the molecule is CC1=CC=C(C(F)(F)F)CC1N=C1C(=O)Nc2ccccc21. The zero-order valence-corrected chi connectivity index (χ0v) is 11.7. The molecule has 1 aromatic rings. The van der Waals surface area contributed by atoms with Gasteiger partial charge in [0.1, 0.15) is 5.71 Å². The van der Waals surface area contributed by atoms with Crippen molar-refractivity contribution in [1.82, 2.24) is 0 Å². The second kappa shape index (κ2) is 5.12. The number of alkyl halides is 3. The van der Waals surface area contributed by atoms with Gasteiger partial charge in [0.2, 0.25) is 0 Å². The molecule has 0 bridgehead atoms. The van der Waals surface area contributed by atoms with Gasteiger partial charge in [0.15, 0.2) is 0 Å². The van der Waals surface area contributed by atoms with E-state index in [1.807, 2.05) is 0 Å². The molecule has 0 spiro atoms. The molecule has 0 fully saturated rings. The fourth-order valence-electron chi connectivity index (χ4n) is 2.52. The molecule has 1 aliphatic carbocycles. The molecule has 0 saturated heterocycles. The number of anilines is 1. The van der Waals surface area contributed by atoms with E-state index in [0.29, 0.717) is 16.8 Å². The lowest BCUT2D eigenvalue weighted by Gasteiger charge is -2.21. The average Bonchev–Trinajstić information content (AvgIpc) is 2.76. The number of benzene rings is 1. The number of amides is 1. The molecule has 1 aromatic carbocycles. The van der Waals surface area contributed by atoms with Crippen LogP contribution in [-0.2, 0) is 4.79 Å². The first kappa shape index (κ1) is 14.6. The van der Waals surface area contributed by atoms with Crippen LogP contribution in [0.3, 0.4) is 0 Å². The molecule has 1 heterocycles. The second-order valence-corrected chi connectivity index (χ2v) is 5.30. The monoisotopic (exact) mass is 306 g/mol.